The molecule has 0 radical (unpaired) electrons. The highest BCUT2D eigenvalue weighted by molar-refractivity contribution is 5.77. The van der Waals surface area contributed by atoms with Gasteiger partial charge in [-0.3, -0.25) is 4.79 Å². The molecule has 0 aliphatic rings. The van der Waals surface area contributed by atoms with Gasteiger partial charge in [0.15, 0.2) is 18.1 Å². The summed E-state index contributed by atoms with van der Waals surface area (Å²) in [6.45, 7) is 5.50. The van der Waals surface area contributed by atoms with E-state index >= 15 is 0 Å². The van der Waals surface area contributed by atoms with Crippen LogP contribution in [0.2, 0.25) is 0 Å². The molecule has 0 heterocycles. The summed E-state index contributed by atoms with van der Waals surface area (Å²) in [6.07, 6.45) is 2.01. The van der Waals surface area contributed by atoms with Gasteiger partial charge in [-0.05, 0) is 19.4 Å². The second-order valence-corrected chi connectivity index (χ2v) is 4.37. The molecule has 0 unspecified atom stereocenters. The van der Waals surface area contributed by atoms with E-state index in [0.717, 1.165) is 18.4 Å². The van der Waals surface area contributed by atoms with Gasteiger partial charge >= 0.3 is 0 Å². The molecular weight excluding hydrogens is 256 g/mol. The Morgan fingerprint density at radius 1 is 1.30 bits per heavy atom. The number of carbonyl (C=O) groups is 1. The van der Waals surface area contributed by atoms with Gasteiger partial charge in [-0.1, -0.05) is 25.5 Å². The van der Waals surface area contributed by atoms with Crippen LogP contribution in [-0.4, -0.2) is 25.7 Å². The van der Waals surface area contributed by atoms with Crippen molar-refractivity contribution < 1.29 is 14.3 Å². The highest BCUT2D eigenvalue weighted by Crippen LogP contribution is 2.31. The number of amides is 1. The van der Waals surface area contributed by atoms with Gasteiger partial charge in [0.05, 0.1) is 6.61 Å². The third-order valence-corrected chi connectivity index (χ3v) is 2.78. The zero-order valence-corrected chi connectivity index (χ0v) is 12.3. The van der Waals surface area contributed by atoms with Gasteiger partial charge in [-0.15, -0.1) is 0 Å². The summed E-state index contributed by atoms with van der Waals surface area (Å²) in [5.41, 5.74) is 6.52. The lowest BCUT2D eigenvalue weighted by atomic mass is 10.2. The maximum Gasteiger partial charge on any atom is 0.257 e. The third kappa shape index (κ3) is 5.09. The number of hydrogen-bond donors (Lipinski definition) is 2. The fourth-order valence-corrected chi connectivity index (χ4v) is 1.75. The Balaban J connectivity index is 2.63. The molecule has 0 bridgehead atoms. The van der Waals surface area contributed by atoms with Gasteiger partial charge in [0.25, 0.3) is 5.91 Å². The van der Waals surface area contributed by atoms with Gasteiger partial charge in [0.2, 0.25) is 0 Å². The van der Waals surface area contributed by atoms with E-state index in [2.05, 4.69) is 12.2 Å². The van der Waals surface area contributed by atoms with Crippen LogP contribution in [0, 0.1) is 0 Å². The van der Waals surface area contributed by atoms with Crippen LogP contribution in [0.15, 0.2) is 18.2 Å². The Kier molecular flexibility index (Phi) is 7.50. The lowest BCUT2D eigenvalue weighted by molar-refractivity contribution is -0.123. The lowest BCUT2D eigenvalue weighted by Gasteiger charge is -2.15. The fourth-order valence-electron chi connectivity index (χ4n) is 1.75. The van der Waals surface area contributed by atoms with E-state index in [1.807, 2.05) is 25.1 Å². The number of hydrogen-bond acceptors (Lipinski definition) is 4. The zero-order valence-electron chi connectivity index (χ0n) is 12.3. The fraction of sp³-hybridized carbons (Fsp3) is 0.533. The second-order valence-electron chi connectivity index (χ2n) is 4.37. The number of para-hydroxylation sites is 1. The third-order valence-electron chi connectivity index (χ3n) is 2.78. The van der Waals surface area contributed by atoms with Crippen molar-refractivity contribution in [2.45, 2.75) is 33.2 Å². The first-order valence-corrected chi connectivity index (χ1v) is 7.07. The van der Waals surface area contributed by atoms with E-state index in [1.54, 1.807) is 0 Å². The molecule has 0 saturated heterocycles. The van der Waals surface area contributed by atoms with Crippen LogP contribution in [0.1, 0.15) is 32.3 Å². The quantitative estimate of drug-likeness (QED) is 0.677. The number of carbonyl (C=O) groups excluding carboxylic acids is 1. The average Bonchev–Trinajstić information content (AvgIpc) is 2.46. The summed E-state index contributed by atoms with van der Waals surface area (Å²) in [7, 11) is 0. The summed E-state index contributed by atoms with van der Waals surface area (Å²) < 4.78 is 11.1. The molecule has 0 fully saturated rings. The number of rotatable bonds is 9. The molecule has 5 heteroatoms. The Bertz CT molecular complexity index is 422. The van der Waals surface area contributed by atoms with E-state index in [9.17, 15) is 4.79 Å². The van der Waals surface area contributed by atoms with Crippen LogP contribution in [0.4, 0.5) is 0 Å². The molecule has 0 aromatic heterocycles. The molecule has 5 nitrogen and oxygen atoms in total. The lowest BCUT2D eigenvalue weighted by Crippen LogP contribution is -2.29. The van der Waals surface area contributed by atoms with Crippen molar-refractivity contribution in [3.63, 3.8) is 0 Å². The molecule has 3 N–H and O–H groups in total. The van der Waals surface area contributed by atoms with Crippen molar-refractivity contribution in [2.75, 3.05) is 19.8 Å². The van der Waals surface area contributed by atoms with E-state index in [4.69, 9.17) is 15.2 Å². The maximum absolute atomic E-state index is 11.7. The van der Waals surface area contributed by atoms with Crippen molar-refractivity contribution >= 4 is 5.91 Å². The predicted octanol–water partition coefficient (Wildman–Crippen LogP) is 1.84. The molecule has 1 aromatic rings. The summed E-state index contributed by atoms with van der Waals surface area (Å²) in [4.78, 5) is 11.7. The van der Waals surface area contributed by atoms with Crippen LogP contribution in [-0.2, 0) is 11.3 Å². The molecule has 1 amide bonds. The highest BCUT2D eigenvalue weighted by atomic mass is 16.5. The molecule has 0 aliphatic carbocycles. The van der Waals surface area contributed by atoms with Crippen LogP contribution in [0.5, 0.6) is 11.5 Å². The standard InChI is InChI=1S/C15H24N2O3/c1-3-5-9-17-14(18)11-20-15-12(10-16)7-6-8-13(15)19-4-2/h6-8H,3-5,9-11,16H2,1-2H3,(H,17,18). The summed E-state index contributed by atoms with van der Waals surface area (Å²) in [5.74, 6) is 1.05. The van der Waals surface area contributed by atoms with Crippen LogP contribution in [0.3, 0.4) is 0 Å². The van der Waals surface area contributed by atoms with Gasteiger partial charge < -0.3 is 20.5 Å². The molecule has 0 aliphatic heterocycles. The second kappa shape index (κ2) is 9.20. The van der Waals surface area contributed by atoms with Crippen LogP contribution < -0.4 is 20.5 Å². The van der Waals surface area contributed by atoms with Crippen LogP contribution >= 0.6 is 0 Å². The molecule has 20 heavy (non-hydrogen) atoms. The first-order chi connectivity index (χ1) is 9.72. The first-order valence-electron chi connectivity index (χ1n) is 7.07. The number of ether oxygens (including phenoxy) is 2. The molecule has 0 spiro atoms. The summed E-state index contributed by atoms with van der Waals surface area (Å²) in [6, 6.07) is 5.54. The minimum atomic E-state index is -0.132. The molecule has 1 aromatic carbocycles. The highest BCUT2D eigenvalue weighted by Gasteiger charge is 2.11. The molecule has 1 rings (SSSR count). The minimum absolute atomic E-state index is 0.0270. The van der Waals surface area contributed by atoms with Crippen LogP contribution in [0.25, 0.3) is 0 Å². The summed E-state index contributed by atoms with van der Waals surface area (Å²) >= 11 is 0. The molecule has 0 atom stereocenters. The van der Waals surface area contributed by atoms with Crippen molar-refractivity contribution in [1.82, 2.24) is 5.32 Å². The average molecular weight is 280 g/mol. The largest absolute Gasteiger partial charge is 0.490 e. The number of nitrogens with two attached hydrogens (primary N) is 1. The van der Waals surface area contributed by atoms with E-state index in [-0.39, 0.29) is 12.5 Å². The first kappa shape index (κ1) is 16.3. The zero-order chi connectivity index (χ0) is 14.8. The summed E-state index contributed by atoms with van der Waals surface area (Å²) in [5, 5.41) is 2.81. The normalized spacial score (nSPS) is 10.2. The Morgan fingerprint density at radius 3 is 2.75 bits per heavy atom. The van der Waals surface area contributed by atoms with Gasteiger partial charge in [0.1, 0.15) is 0 Å². The van der Waals surface area contributed by atoms with E-state index in [1.165, 1.54) is 0 Å². The van der Waals surface area contributed by atoms with Crippen molar-refractivity contribution in [2.24, 2.45) is 5.73 Å². The topological polar surface area (TPSA) is 73.6 Å². The number of benzene rings is 1. The SMILES string of the molecule is CCCCNC(=O)COc1c(CN)cccc1OCC. The molecular formula is C15H24N2O3. The smallest absolute Gasteiger partial charge is 0.257 e. The Hall–Kier alpha value is -1.75. The monoisotopic (exact) mass is 280 g/mol. The van der Waals surface area contributed by atoms with E-state index in [0.29, 0.717) is 31.2 Å². The van der Waals surface area contributed by atoms with Gasteiger partial charge in [-0.25, -0.2) is 0 Å². The number of nitrogens with one attached hydrogen (secondary N) is 1. The Morgan fingerprint density at radius 2 is 2.10 bits per heavy atom. The molecule has 112 valence electrons. The molecule has 0 saturated carbocycles. The predicted molar refractivity (Wildman–Crippen MR) is 78.9 cm³/mol. The minimum Gasteiger partial charge on any atom is -0.490 e. The van der Waals surface area contributed by atoms with Gasteiger partial charge in [0, 0.05) is 18.7 Å². The van der Waals surface area contributed by atoms with Gasteiger partial charge in [-0.2, -0.15) is 0 Å². The van der Waals surface area contributed by atoms with Crippen molar-refractivity contribution in [3.05, 3.63) is 23.8 Å². The van der Waals surface area contributed by atoms with Crippen molar-refractivity contribution in [3.8, 4) is 11.5 Å². The van der Waals surface area contributed by atoms with Crippen molar-refractivity contribution in [1.29, 1.82) is 0 Å². The number of unbranched alkanes of at least 4 members (excludes halogenated alkanes) is 1. The van der Waals surface area contributed by atoms with E-state index < -0.39 is 0 Å². The maximum atomic E-state index is 11.7. The Labute approximate surface area is 120 Å².